The van der Waals surface area contributed by atoms with Gasteiger partial charge in [0.05, 0.1) is 24.8 Å². The topological polar surface area (TPSA) is 117 Å². The maximum absolute atomic E-state index is 11.4. The molecule has 5 N–H and O–H groups in total. The van der Waals surface area contributed by atoms with Crippen LogP contribution in [-0.4, -0.2) is 71.3 Å². The third-order valence-electron chi connectivity index (χ3n) is 6.00. The van der Waals surface area contributed by atoms with Gasteiger partial charge < -0.3 is 30.7 Å². The molecule has 2 bridgehead atoms. The fraction of sp³-hybridized carbons (Fsp3) is 0.632. The van der Waals surface area contributed by atoms with Gasteiger partial charge in [0.2, 0.25) is 5.91 Å². The monoisotopic (exact) mass is 377 g/mol. The zero-order chi connectivity index (χ0) is 19.0. The molecular weight excluding hydrogens is 350 g/mol. The van der Waals surface area contributed by atoms with Crippen LogP contribution in [0.5, 0.6) is 5.75 Å². The number of aliphatic hydroxyl groups excluding tert-OH is 1. The zero-order valence-electron chi connectivity index (χ0n) is 15.2. The van der Waals surface area contributed by atoms with E-state index >= 15 is 0 Å². The minimum Gasteiger partial charge on any atom is -0.508 e. The molecule has 148 valence electrons. The zero-order valence-corrected chi connectivity index (χ0v) is 15.2. The van der Waals surface area contributed by atoms with Gasteiger partial charge in [0.25, 0.3) is 0 Å². The fourth-order valence-electron chi connectivity index (χ4n) is 4.41. The number of aromatic hydroxyl groups is 1. The van der Waals surface area contributed by atoms with Gasteiger partial charge in [0.1, 0.15) is 11.9 Å². The molecule has 1 aromatic carbocycles. The first-order valence-electron chi connectivity index (χ1n) is 9.53. The maximum Gasteiger partial charge on any atom is 0.220 e. The maximum atomic E-state index is 11.4. The van der Waals surface area contributed by atoms with E-state index in [9.17, 15) is 15.0 Å². The highest BCUT2D eigenvalue weighted by molar-refractivity contribution is 5.76. The summed E-state index contributed by atoms with van der Waals surface area (Å²) in [6, 6.07) is 6.54. The van der Waals surface area contributed by atoms with Crippen LogP contribution in [0.15, 0.2) is 24.3 Å². The molecule has 5 atom stereocenters. The molecule has 1 aromatic rings. The molecule has 3 saturated heterocycles. The number of aliphatic hydroxyl groups is 1. The number of phenolic OH excluding ortho intramolecular Hbond substituents is 1. The van der Waals surface area contributed by atoms with Gasteiger partial charge in [-0.15, -0.1) is 0 Å². The second kappa shape index (κ2) is 7.73. The summed E-state index contributed by atoms with van der Waals surface area (Å²) in [5.41, 5.74) is 6.19. The van der Waals surface area contributed by atoms with Crippen LogP contribution in [0.2, 0.25) is 0 Å². The van der Waals surface area contributed by atoms with Gasteiger partial charge in [0, 0.05) is 18.0 Å². The second-order valence-electron chi connectivity index (χ2n) is 7.61. The Bertz CT molecular complexity index is 679. The van der Waals surface area contributed by atoms with Crippen molar-refractivity contribution < 1.29 is 24.5 Å². The van der Waals surface area contributed by atoms with Crippen LogP contribution in [-0.2, 0) is 20.8 Å². The van der Waals surface area contributed by atoms with E-state index in [0.717, 1.165) is 5.56 Å². The van der Waals surface area contributed by atoms with Gasteiger partial charge in [-0.2, -0.15) is 0 Å². The Morgan fingerprint density at radius 3 is 2.74 bits per heavy atom. The van der Waals surface area contributed by atoms with E-state index in [1.165, 1.54) is 0 Å². The van der Waals surface area contributed by atoms with E-state index < -0.39 is 12.4 Å². The smallest absolute Gasteiger partial charge is 0.220 e. The van der Waals surface area contributed by atoms with E-state index in [2.05, 4.69) is 10.2 Å². The Morgan fingerprint density at radius 1 is 1.30 bits per heavy atom. The number of amides is 1. The van der Waals surface area contributed by atoms with E-state index in [1.807, 2.05) is 12.1 Å². The summed E-state index contributed by atoms with van der Waals surface area (Å²) < 4.78 is 11.8. The van der Waals surface area contributed by atoms with Crippen LogP contribution < -0.4 is 11.1 Å². The molecule has 3 heterocycles. The Balaban J connectivity index is 1.43. The van der Waals surface area contributed by atoms with E-state index in [-0.39, 0.29) is 35.8 Å². The van der Waals surface area contributed by atoms with E-state index in [4.69, 9.17) is 15.2 Å². The van der Waals surface area contributed by atoms with Crippen molar-refractivity contribution in [2.24, 2.45) is 11.7 Å². The van der Waals surface area contributed by atoms with Crippen LogP contribution in [0, 0.1) is 5.92 Å². The number of hydrogen-bond donors (Lipinski definition) is 4. The number of para-hydroxylation sites is 1. The predicted octanol–water partition coefficient (Wildman–Crippen LogP) is -0.468. The van der Waals surface area contributed by atoms with Crippen molar-refractivity contribution in [2.75, 3.05) is 19.7 Å². The summed E-state index contributed by atoms with van der Waals surface area (Å²) >= 11 is 0. The van der Waals surface area contributed by atoms with Crippen molar-refractivity contribution in [1.29, 1.82) is 0 Å². The van der Waals surface area contributed by atoms with Crippen LogP contribution in [0.1, 0.15) is 18.4 Å². The van der Waals surface area contributed by atoms with E-state index in [0.29, 0.717) is 39.1 Å². The predicted molar refractivity (Wildman–Crippen MR) is 96.6 cm³/mol. The summed E-state index contributed by atoms with van der Waals surface area (Å²) in [7, 11) is 0. The first kappa shape index (κ1) is 18.6. The highest BCUT2D eigenvalue weighted by atomic mass is 16.7. The minimum absolute atomic E-state index is 0.102. The number of ether oxygens (including phenoxy) is 2. The number of likely N-dealkylation sites (tertiary alicyclic amines) is 1. The van der Waals surface area contributed by atoms with Gasteiger partial charge in [-0.3, -0.25) is 9.69 Å². The van der Waals surface area contributed by atoms with Crippen LogP contribution in [0.4, 0.5) is 0 Å². The fourth-order valence-corrected chi connectivity index (χ4v) is 4.41. The molecule has 1 amide bonds. The Morgan fingerprint density at radius 2 is 2.04 bits per heavy atom. The van der Waals surface area contributed by atoms with Gasteiger partial charge >= 0.3 is 0 Å². The Hall–Kier alpha value is -1.71. The number of rotatable bonds is 5. The van der Waals surface area contributed by atoms with Gasteiger partial charge in [-0.1, -0.05) is 18.2 Å². The van der Waals surface area contributed by atoms with Crippen LogP contribution in [0.25, 0.3) is 0 Å². The number of nitrogens with one attached hydrogen (secondary N) is 1. The molecule has 8 heteroatoms. The molecule has 0 aliphatic carbocycles. The second-order valence-corrected chi connectivity index (χ2v) is 7.61. The normalized spacial score (nSPS) is 34.6. The average molecular weight is 377 g/mol. The van der Waals surface area contributed by atoms with Crippen LogP contribution in [0.3, 0.4) is 0 Å². The number of hydrogen-bond acceptors (Lipinski definition) is 7. The number of phenols is 1. The molecule has 0 radical (unpaired) electrons. The Kier molecular flexibility index (Phi) is 5.34. The number of nitrogens with zero attached hydrogens (tertiary/aromatic N) is 1. The van der Waals surface area contributed by atoms with Gasteiger partial charge in [-0.25, -0.2) is 0 Å². The third-order valence-corrected chi connectivity index (χ3v) is 6.00. The number of nitrogens with two attached hydrogens (primary N) is 1. The van der Waals surface area contributed by atoms with Crippen molar-refractivity contribution in [3.8, 4) is 5.75 Å². The SMILES string of the molecule is NC(=O)C1CCN(C2C3OCC(O3)C(NCc3ccccc3O)C2O)CC1. The molecule has 3 fully saturated rings. The summed E-state index contributed by atoms with van der Waals surface area (Å²) in [6.45, 7) is 2.20. The quantitative estimate of drug-likeness (QED) is 0.548. The van der Waals surface area contributed by atoms with E-state index in [1.54, 1.807) is 12.1 Å². The lowest BCUT2D eigenvalue weighted by Crippen LogP contribution is -2.65. The third kappa shape index (κ3) is 3.68. The van der Waals surface area contributed by atoms with Crippen molar-refractivity contribution in [3.63, 3.8) is 0 Å². The number of primary amides is 1. The first-order valence-corrected chi connectivity index (χ1v) is 9.53. The van der Waals surface area contributed by atoms with Gasteiger partial charge in [0.15, 0.2) is 6.29 Å². The van der Waals surface area contributed by atoms with Crippen LogP contribution >= 0.6 is 0 Å². The molecule has 0 aromatic heterocycles. The van der Waals surface area contributed by atoms with Crippen molar-refractivity contribution in [2.45, 2.75) is 50.0 Å². The van der Waals surface area contributed by atoms with Crippen molar-refractivity contribution in [3.05, 3.63) is 29.8 Å². The molecule has 5 unspecified atom stereocenters. The molecule has 0 spiro atoms. The summed E-state index contributed by atoms with van der Waals surface area (Å²) in [5, 5.41) is 24.4. The standard InChI is InChI=1S/C19H27N3O5/c20-18(25)11-5-7-22(8-6-11)16-17(24)15(14-10-26-19(16)27-14)21-9-12-3-1-2-4-13(12)23/h1-4,11,14-17,19,21,23-24H,5-10H2,(H2,20,25). The number of carbonyl (C=O) groups is 1. The lowest BCUT2D eigenvalue weighted by molar-refractivity contribution is -0.186. The first-order chi connectivity index (χ1) is 13.0. The Labute approximate surface area is 158 Å². The number of benzene rings is 1. The molecule has 27 heavy (non-hydrogen) atoms. The average Bonchev–Trinajstić information content (AvgIpc) is 3.08. The minimum atomic E-state index is -0.674. The van der Waals surface area contributed by atoms with Gasteiger partial charge in [-0.05, 0) is 32.0 Å². The lowest BCUT2D eigenvalue weighted by atomic mass is 9.90. The number of carbonyl (C=O) groups excluding carboxylic acids is 1. The highest BCUT2D eigenvalue weighted by Gasteiger charge is 2.52. The molecular formula is C19H27N3O5. The molecule has 3 aliphatic heterocycles. The molecule has 3 aliphatic rings. The summed E-state index contributed by atoms with van der Waals surface area (Å²) in [5.74, 6) is -0.133. The molecule has 8 nitrogen and oxygen atoms in total. The number of piperidine rings is 1. The summed E-state index contributed by atoms with van der Waals surface area (Å²) in [6.07, 6.45) is 0.0100. The molecule has 0 saturated carbocycles. The van der Waals surface area contributed by atoms with Crippen molar-refractivity contribution >= 4 is 5.91 Å². The lowest BCUT2D eigenvalue weighted by Gasteiger charge is -2.46. The number of fused-ring (bicyclic) bond motifs is 2. The largest absolute Gasteiger partial charge is 0.508 e. The van der Waals surface area contributed by atoms with Crippen molar-refractivity contribution in [1.82, 2.24) is 10.2 Å². The highest BCUT2D eigenvalue weighted by Crippen LogP contribution is 2.33. The molecule has 4 rings (SSSR count). The summed E-state index contributed by atoms with van der Waals surface area (Å²) in [4.78, 5) is 13.5.